The van der Waals surface area contributed by atoms with Crippen LogP contribution >= 0.6 is 0 Å². The molecule has 0 aromatic heterocycles. The van der Waals surface area contributed by atoms with Gasteiger partial charge >= 0.3 is 11.9 Å². The number of aliphatic hydroxyl groups is 1. The Morgan fingerprint density at radius 3 is 2.61 bits per heavy atom. The lowest BCUT2D eigenvalue weighted by Crippen LogP contribution is -2.43. The van der Waals surface area contributed by atoms with Gasteiger partial charge in [-0.05, 0) is 17.7 Å². The number of hydrogen-bond acceptors (Lipinski definition) is 6. The highest BCUT2D eigenvalue weighted by Crippen LogP contribution is 2.26. The number of ether oxygens (including phenoxy) is 2. The number of aliphatic hydroxyl groups excluding tert-OH is 1. The van der Waals surface area contributed by atoms with Gasteiger partial charge in [0.05, 0.1) is 24.8 Å². The first kappa shape index (κ1) is 16.5. The minimum Gasteiger partial charge on any atom is -0.466 e. The molecular formula is C15H15N3O5. The molecule has 0 heterocycles. The van der Waals surface area contributed by atoms with Crippen molar-refractivity contribution < 1.29 is 24.2 Å². The third-order valence-corrected chi connectivity index (χ3v) is 3.40. The predicted octanol–water partition coefficient (Wildman–Crippen LogP) is 1.75. The van der Waals surface area contributed by atoms with Crippen LogP contribution in [0.5, 0.6) is 0 Å². The first-order chi connectivity index (χ1) is 11.1. The molecule has 1 aromatic rings. The zero-order valence-corrected chi connectivity index (χ0v) is 12.3. The fourth-order valence-corrected chi connectivity index (χ4v) is 2.29. The molecule has 0 aliphatic heterocycles. The van der Waals surface area contributed by atoms with E-state index in [-0.39, 0.29) is 12.0 Å². The second-order valence-electron chi connectivity index (χ2n) is 4.89. The fourth-order valence-electron chi connectivity index (χ4n) is 2.29. The molecule has 1 N–H and O–H groups in total. The molecule has 0 saturated carbocycles. The maximum atomic E-state index is 12.1. The van der Waals surface area contributed by atoms with Crippen molar-refractivity contribution in [2.75, 3.05) is 7.11 Å². The van der Waals surface area contributed by atoms with E-state index < -0.39 is 30.2 Å². The smallest absolute Gasteiger partial charge is 0.338 e. The van der Waals surface area contributed by atoms with Crippen molar-refractivity contribution in [1.82, 2.24) is 0 Å². The summed E-state index contributed by atoms with van der Waals surface area (Å²) in [5.41, 5.74) is 9.12. The predicted molar refractivity (Wildman–Crippen MR) is 79.3 cm³/mol. The van der Waals surface area contributed by atoms with Crippen LogP contribution in [0, 0.1) is 0 Å². The van der Waals surface area contributed by atoms with Gasteiger partial charge in [0.2, 0.25) is 0 Å². The van der Waals surface area contributed by atoms with Crippen LogP contribution in [0.15, 0.2) is 47.1 Å². The number of rotatable bonds is 4. The topological polar surface area (TPSA) is 122 Å². The fraction of sp³-hybridized carbons (Fsp3) is 0.333. The summed E-state index contributed by atoms with van der Waals surface area (Å²) in [6, 6.07) is 7.24. The van der Waals surface area contributed by atoms with Gasteiger partial charge < -0.3 is 14.6 Å². The summed E-state index contributed by atoms with van der Waals surface area (Å²) >= 11 is 0. The molecule has 1 aromatic carbocycles. The molecule has 3 atom stereocenters. The molecule has 120 valence electrons. The molecule has 0 fully saturated rings. The molecule has 0 radical (unpaired) electrons. The molecule has 23 heavy (non-hydrogen) atoms. The Morgan fingerprint density at radius 1 is 1.30 bits per heavy atom. The normalized spacial score (nSPS) is 23.2. The second kappa shape index (κ2) is 7.44. The minimum absolute atomic E-state index is 0.0587. The van der Waals surface area contributed by atoms with E-state index in [1.807, 2.05) is 0 Å². The third-order valence-electron chi connectivity index (χ3n) is 3.40. The van der Waals surface area contributed by atoms with Crippen LogP contribution in [0.2, 0.25) is 0 Å². The first-order valence-electron chi connectivity index (χ1n) is 6.84. The van der Waals surface area contributed by atoms with Crippen LogP contribution in [-0.4, -0.2) is 42.4 Å². The molecule has 0 saturated heterocycles. The Hall–Kier alpha value is -2.83. The molecule has 1 aliphatic rings. The average Bonchev–Trinajstić information content (AvgIpc) is 2.57. The van der Waals surface area contributed by atoms with Crippen LogP contribution in [-0.2, 0) is 14.3 Å². The molecule has 8 nitrogen and oxygen atoms in total. The highest BCUT2D eigenvalue weighted by molar-refractivity contribution is 5.90. The van der Waals surface area contributed by atoms with Gasteiger partial charge in [-0.15, -0.1) is 0 Å². The van der Waals surface area contributed by atoms with Crippen molar-refractivity contribution >= 4 is 11.9 Å². The minimum atomic E-state index is -1.18. The summed E-state index contributed by atoms with van der Waals surface area (Å²) in [5, 5.41) is 13.7. The van der Waals surface area contributed by atoms with Crippen molar-refractivity contribution in [3.8, 4) is 0 Å². The van der Waals surface area contributed by atoms with Crippen molar-refractivity contribution in [1.29, 1.82) is 0 Å². The molecule has 2 rings (SSSR count). The Bertz CT molecular complexity index is 667. The van der Waals surface area contributed by atoms with Gasteiger partial charge in [-0.3, -0.25) is 0 Å². The Labute approximate surface area is 131 Å². The maximum absolute atomic E-state index is 12.1. The summed E-state index contributed by atoms with van der Waals surface area (Å²) in [4.78, 5) is 26.3. The number of benzene rings is 1. The quantitative estimate of drug-likeness (QED) is 0.392. The summed E-state index contributed by atoms with van der Waals surface area (Å²) in [6.07, 6.45) is -0.970. The Kier molecular flexibility index (Phi) is 5.35. The van der Waals surface area contributed by atoms with E-state index in [1.54, 1.807) is 30.3 Å². The zero-order chi connectivity index (χ0) is 16.8. The van der Waals surface area contributed by atoms with Crippen LogP contribution in [0.4, 0.5) is 0 Å². The van der Waals surface area contributed by atoms with E-state index in [1.165, 1.54) is 13.2 Å². The maximum Gasteiger partial charge on any atom is 0.338 e. The van der Waals surface area contributed by atoms with E-state index in [9.17, 15) is 14.7 Å². The third kappa shape index (κ3) is 3.88. The molecule has 0 bridgehead atoms. The molecular weight excluding hydrogens is 302 g/mol. The highest BCUT2D eigenvalue weighted by Gasteiger charge is 2.37. The Balaban J connectivity index is 2.23. The number of carbonyl (C=O) groups excluding carboxylic acids is 2. The number of nitrogens with zero attached hydrogens (tertiary/aromatic N) is 3. The van der Waals surface area contributed by atoms with E-state index >= 15 is 0 Å². The number of methoxy groups -OCH3 is 1. The number of hydrogen-bond donors (Lipinski definition) is 1. The second-order valence-corrected chi connectivity index (χ2v) is 4.89. The monoisotopic (exact) mass is 317 g/mol. The van der Waals surface area contributed by atoms with E-state index in [2.05, 4.69) is 14.8 Å². The van der Waals surface area contributed by atoms with Crippen molar-refractivity contribution in [3.05, 3.63) is 58.0 Å². The van der Waals surface area contributed by atoms with Gasteiger partial charge in [0, 0.05) is 16.9 Å². The van der Waals surface area contributed by atoms with Crippen molar-refractivity contribution in [2.45, 2.75) is 24.7 Å². The molecule has 1 aliphatic carbocycles. The Morgan fingerprint density at radius 2 is 2.00 bits per heavy atom. The molecule has 0 unspecified atom stereocenters. The van der Waals surface area contributed by atoms with Crippen LogP contribution in [0.1, 0.15) is 16.8 Å². The van der Waals surface area contributed by atoms with Crippen LogP contribution in [0.3, 0.4) is 0 Å². The van der Waals surface area contributed by atoms with Gasteiger partial charge in [0.25, 0.3) is 0 Å². The largest absolute Gasteiger partial charge is 0.466 e. The highest BCUT2D eigenvalue weighted by atomic mass is 16.6. The van der Waals surface area contributed by atoms with E-state index in [0.717, 1.165) is 0 Å². The van der Waals surface area contributed by atoms with Gasteiger partial charge in [-0.1, -0.05) is 29.4 Å². The SMILES string of the molecule is COC(=O)C1=C[C@@H](N=[N+]=[N-])[C@@H](OC(=O)c2ccccc2)[C@H](O)C1. The summed E-state index contributed by atoms with van der Waals surface area (Å²) in [7, 11) is 1.21. The number of azide groups is 1. The lowest BCUT2D eigenvalue weighted by Gasteiger charge is -2.30. The molecule has 0 amide bonds. The van der Waals surface area contributed by atoms with Gasteiger partial charge in [-0.25, -0.2) is 9.59 Å². The number of esters is 2. The van der Waals surface area contributed by atoms with Crippen molar-refractivity contribution in [3.63, 3.8) is 0 Å². The van der Waals surface area contributed by atoms with E-state index in [4.69, 9.17) is 10.3 Å². The van der Waals surface area contributed by atoms with Crippen LogP contribution < -0.4 is 0 Å². The lowest BCUT2D eigenvalue weighted by atomic mass is 9.90. The molecule has 0 spiro atoms. The van der Waals surface area contributed by atoms with Gasteiger partial charge in [-0.2, -0.15) is 0 Å². The summed E-state index contributed by atoms with van der Waals surface area (Å²) in [5.74, 6) is -1.28. The summed E-state index contributed by atoms with van der Waals surface area (Å²) in [6.45, 7) is 0. The van der Waals surface area contributed by atoms with Gasteiger partial charge in [0.15, 0.2) is 0 Å². The molecule has 8 heteroatoms. The van der Waals surface area contributed by atoms with Crippen molar-refractivity contribution in [2.24, 2.45) is 5.11 Å². The zero-order valence-electron chi connectivity index (χ0n) is 12.3. The standard InChI is InChI=1S/C15H15N3O5/c1-22-14(20)10-7-11(17-18-16)13(12(19)8-10)23-15(21)9-5-3-2-4-6-9/h2-7,11-13,19H,8H2,1H3/t11-,12-,13-/m1/s1. The average molecular weight is 317 g/mol. The summed E-state index contributed by atoms with van der Waals surface area (Å²) < 4.78 is 9.86. The van der Waals surface area contributed by atoms with E-state index in [0.29, 0.717) is 5.56 Å². The first-order valence-corrected chi connectivity index (χ1v) is 6.84. The van der Waals surface area contributed by atoms with Gasteiger partial charge in [0.1, 0.15) is 6.10 Å². The number of carbonyl (C=O) groups is 2. The lowest BCUT2D eigenvalue weighted by molar-refractivity contribution is -0.137. The van der Waals surface area contributed by atoms with Crippen LogP contribution in [0.25, 0.3) is 10.4 Å².